The molecule has 7 heteroatoms. The fourth-order valence-corrected chi connectivity index (χ4v) is 3.11. The van der Waals surface area contributed by atoms with E-state index < -0.39 is 12.1 Å². The van der Waals surface area contributed by atoms with Crippen LogP contribution in [0.15, 0.2) is 48.5 Å². The van der Waals surface area contributed by atoms with Crippen LogP contribution in [0, 0.1) is 5.82 Å². The number of hydrogen-bond acceptors (Lipinski definition) is 4. The molecule has 0 aliphatic rings. The molecule has 0 aliphatic heterocycles. The van der Waals surface area contributed by atoms with Crippen LogP contribution in [0.2, 0.25) is 0 Å². The number of halogens is 1. The number of ether oxygens (including phenoxy) is 1. The van der Waals surface area contributed by atoms with Gasteiger partial charge in [0.25, 0.3) is 0 Å². The zero-order valence-corrected chi connectivity index (χ0v) is 16.3. The number of aliphatic carboxylic acids is 1. The lowest BCUT2D eigenvalue weighted by atomic mass is 10.0. The van der Waals surface area contributed by atoms with Crippen LogP contribution in [0.25, 0.3) is 22.5 Å². The van der Waals surface area contributed by atoms with Crippen LogP contribution in [0.4, 0.5) is 4.39 Å². The van der Waals surface area contributed by atoms with Gasteiger partial charge in [-0.25, -0.2) is 4.39 Å². The molecule has 3 aromatic rings. The van der Waals surface area contributed by atoms with Crippen molar-refractivity contribution in [2.24, 2.45) is 0 Å². The molecule has 0 saturated carbocycles. The van der Waals surface area contributed by atoms with E-state index in [1.54, 1.807) is 35.0 Å². The number of benzene rings is 2. The summed E-state index contributed by atoms with van der Waals surface area (Å²) in [6, 6.07) is 13.0. The lowest BCUT2D eigenvalue weighted by Gasteiger charge is -2.11. The highest BCUT2D eigenvalue weighted by Gasteiger charge is 2.17. The molecule has 0 amide bonds. The Hall–Kier alpha value is -3.19. The molecule has 3 rings (SSSR count). The lowest BCUT2D eigenvalue weighted by Crippen LogP contribution is -2.16. The van der Waals surface area contributed by atoms with Crippen molar-refractivity contribution in [2.45, 2.75) is 32.4 Å². The Bertz CT molecular complexity index is 999. The Labute approximate surface area is 168 Å². The van der Waals surface area contributed by atoms with Crippen LogP contribution in [-0.2, 0) is 17.8 Å². The predicted octanol–water partition coefficient (Wildman–Crippen LogP) is 3.76. The van der Waals surface area contributed by atoms with Crippen molar-refractivity contribution in [3.63, 3.8) is 0 Å². The van der Waals surface area contributed by atoms with Crippen molar-refractivity contribution in [2.75, 3.05) is 7.11 Å². The largest absolute Gasteiger partial charge is 0.496 e. The number of hydrogen-bond donors (Lipinski definition) is 2. The molecule has 0 bridgehead atoms. The second kappa shape index (κ2) is 8.87. The summed E-state index contributed by atoms with van der Waals surface area (Å²) in [7, 11) is 1.54. The second-order valence-corrected chi connectivity index (χ2v) is 6.77. The van der Waals surface area contributed by atoms with Gasteiger partial charge in [-0.2, -0.15) is 5.10 Å². The summed E-state index contributed by atoms with van der Waals surface area (Å²) < 4.78 is 20.5. The first-order valence-electron chi connectivity index (χ1n) is 9.32. The molecule has 1 atom stereocenters. The molecular weight excluding hydrogens is 375 g/mol. The number of aromatic nitrogens is 2. The fraction of sp³-hybridized carbons (Fsp3) is 0.273. The average molecular weight is 398 g/mol. The molecule has 0 radical (unpaired) electrons. The van der Waals surface area contributed by atoms with Crippen molar-refractivity contribution >= 4 is 5.97 Å². The molecular formula is C22H23FN2O4. The molecule has 0 fully saturated rings. The molecule has 29 heavy (non-hydrogen) atoms. The number of carboxylic acid groups (broad SMARTS) is 1. The van der Waals surface area contributed by atoms with Gasteiger partial charge in [0.05, 0.1) is 37.6 Å². The number of aliphatic hydroxyl groups excluding tert-OH is 1. The van der Waals surface area contributed by atoms with Crippen molar-refractivity contribution in [3.8, 4) is 28.3 Å². The van der Waals surface area contributed by atoms with Crippen LogP contribution in [0.1, 0.15) is 18.9 Å². The Morgan fingerprint density at radius 2 is 1.93 bits per heavy atom. The normalized spacial score (nSPS) is 12.0. The standard InChI is InChI=1S/C22H23FN2O4/c1-3-17(26)13-25-20(15-5-7-16(23)8-6-15)12-19(24-25)18-10-14(11-22(27)28)4-9-21(18)29-2/h4-10,12,17,26H,3,11,13H2,1-2H3,(H,27,28)/t17-/m0/s1. The maximum atomic E-state index is 13.4. The van der Waals surface area contributed by atoms with Crippen LogP contribution in [0.5, 0.6) is 5.75 Å². The Kier molecular flexibility index (Phi) is 6.29. The van der Waals surface area contributed by atoms with E-state index >= 15 is 0 Å². The van der Waals surface area contributed by atoms with Gasteiger partial charge in [0.1, 0.15) is 11.6 Å². The SMILES string of the molecule is CC[C@H](O)Cn1nc(-c2cc(CC(=O)O)ccc2OC)cc1-c1ccc(F)cc1. The third-order valence-corrected chi connectivity index (χ3v) is 4.67. The van der Waals surface area contributed by atoms with E-state index in [-0.39, 0.29) is 18.8 Å². The molecule has 0 saturated heterocycles. The molecule has 1 aromatic heterocycles. The van der Waals surface area contributed by atoms with Gasteiger partial charge in [-0.3, -0.25) is 9.48 Å². The third kappa shape index (κ3) is 4.81. The zero-order valence-electron chi connectivity index (χ0n) is 16.3. The maximum absolute atomic E-state index is 13.4. The highest BCUT2D eigenvalue weighted by Crippen LogP contribution is 2.33. The Morgan fingerprint density at radius 3 is 2.55 bits per heavy atom. The molecule has 6 nitrogen and oxygen atoms in total. The number of carboxylic acids is 1. The van der Waals surface area contributed by atoms with Crippen molar-refractivity contribution < 1.29 is 24.1 Å². The number of nitrogens with zero attached hydrogens (tertiary/aromatic N) is 2. The van der Waals surface area contributed by atoms with Gasteiger partial charge in [0.15, 0.2) is 0 Å². The van der Waals surface area contributed by atoms with Gasteiger partial charge in [-0.05, 0) is 54.4 Å². The Morgan fingerprint density at radius 1 is 1.21 bits per heavy atom. The summed E-state index contributed by atoms with van der Waals surface area (Å²) >= 11 is 0. The van der Waals surface area contributed by atoms with Crippen LogP contribution < -0.4 is 4.74 Å². The summed E-state index contributed by atoms with van der Waals surface area (Å²) in [5, 5.41) is 23.9. The maximum Gasteiger partial charge on any atom is 0.307 e. The van der Waals surface area contributed by atoms with Crippen molar-refractivity contribution in [1.29, 1.82) is 0 Å². The van der Waals surface area contributed by atoms with Gasteiger partial charge in [-0.15, -0.1) is 0 Å². The minimum Gasteiger partial charge on any atom is -0.496 e. The quantitative estimate of drug-likeness (QED) is 0.604. The predicted molar refractivity (Wildman–Crippen MR) is 107 cm³/mol. The number of rotatable bonds is 8. The second-order valence-electron chi connectivity index (χ2n) is 6.77. The summed E-state index contributed by atoms with van der Waals surface area (Å²) in [4.78, 5) is 11.1. The van der Waals surface area contributed by atoms with E-state index in [0.717, 1.165) is 11.3 Å². The lowest BCUT2D eigenvalue weighted by molar-refractivity contribution is -0.136. The zero-order chi connectivity index (χ0) is 21.0. The molecule has 2 N–H and O–H groups in total. The van der Waals surface area contributed by atoms with Gasteiger partial charge in [0.2, 0.25) is 0 Å². The van der Waals surface area contributed by atoms with E-state index in [1.165, 1.54) is 19.2 Å². The van der Waals surface area contributed by atoms with E-state index in [2.05, 4.69) is 5.10 Å². The van der Waals surface area contributed by atoms with Gasteiger partial charge in [-0.1, -0.05) is 13.0 Å². The molecule has 0 unspecified atom stereocenters. The smallest absolute Gasteiger partial charge is 0.307 e. The topological polar surface area (TPSA) is 84.6 Å². The van der Waals surface area contributed by atoms with E-state index in [1.807, 2.05) is 13.0 Å². The average Bonchev–Trinajstić information content (AvgIpc) is 3.11. The van der Waals surface area contributed by atoms with Crippen LogP contribution >= 0.6 is 0 Å². The monoisotopic (exact) mass is 398 g/mol. The van der Waals surface area contributed by atoms with E-state index in [4.69, 9.17) is 9.84 Å². The van der Waals surface area contributed by atoms with Gasteiger partial charge in [0, 0.05) is 11.1 Å². The summed E-state index contributed by atoms with van der Waals surface area (Å²) in [6.07, 6.45) is -0.130. The summed E-state index contributed by atoms with van der Waals surface area (Å²) in [5.41, 5.74) is 3.34. The van der Waals surface area contributed by atoms with E-state index in [9.17, 15) is 14.3 Å². The highest BCUT2D eigenvalue weighted by molar-refractivity contribution is 5.76. The molecule has 152 valence electrons. The van der Waals surface area contributed by atoms with Gasteiger partial charge < -0.3 is 14.9 Å². The van der Waals surface area contributed by atoms with Crippen molar-refractivity contribution in [1.82, 2.24) is 9.78 Å². The third-order valence-electron chi connectivity index (χ3n) is 4.67. The molecule has 2 aromatic carbocycles. The van der Waals surface area contributed by atoms with Gasteiger partial charge >= 0.3 is 5.97 Å². The molecule has 1 heterocycles. The summed E-state index contributed by atoms with van der Waals surface area (Å²) in [5.74, 6) is -0.702. The first-order valence-corrected chi connectivity index (χ1v) is 9.32. The first-order chi connectivity index (χ1) is 13.9. The van der Waals surface area contributed by atoms with Crippen LogP contribution in [-0.4, -0.2) is 39.2 Å². The summed E-state index contributed by atoms with van der Waals surface area (Å²) in [6.45, 7) is 2.16. The Balaban J connectivity index is 2.11. The minimum atomic E-state index is -0.926. The number of methoxy groups -OCH3 is 1. The van der Waals surface area contributed by atoms with E-state index in [0.29, 0.717) is 29.0 Å². The number of aliphatic hydroxyl groups is 1. The van der Waals surface area contributed by atoms with Crippen LogP contribution in [0.3, 0.4) is 0 Å². The fourth-order valence-electron chi connectivity index (χ4n) is 3.11. The highest BCUT2D eigenvalue weighted by atomic mass is 19.1. The number of carbonyl (C=O) groups is 1. The van der Waals surface area contributed by atoms with Crippen molar-refractivity contribution in [3.05, 3.63) is 59.9 Å². The first kappa shape index (κ1) is 20.5. The molecule has 0 aliphatic carbocycles. The minimum absolute atomic E-state index is 0.114. The molecule has 0 spiro atoms.